The topological polar surface area (TPSA) is 60.5 Å². The smallest absolute Gasteiger partial charge is 0.257 e. The second-order valence-electron chi connectivity index (χ2n) is 6.10. The minimum Gasteiger partial charge on any atom is -0.497 e. The van der Waals surface area contributed by atoms with Gasteiger partial charge in [-0.2, -0.15) is 0 Å². The summed E-state index contributed by atoms with van der Waals surface area (Å²) >= 11 is 0. The van der Waals surface area contributed by atoms with Crippen molar-refractivity contribution in [1.82, 2.24) is 4.98 Å². The first-order chi connectivity index (χ1) is 13.2. The predicted molar refractivity (Wildman–Crippen MR) is 107 cm³/mol. The number of methoxy groups -OCH3 is 2. The number of benzene rings is 3. The maximum absolute atomic E-state index is 13.0. The quantitative estimate of drug-likeness (QED) is 0.539. The number of carbonyl (C=O) groups is 1. The molecule has 4 aromatic rings. The molecular formula is C22H18N2O3. The highest BCUT2D eigenvalue weighted by molar-refractivity contribution is 6.18. The largest absolute Gasteiger partial charge is 0.497 e. The molecule has 27 heavy (non-hydrogen) atoms. The summed E-state index contributed by atoms with van der Waals surface area (Å²) in [5.74, 6) is 0.969. The van der Waals surface area contributed by atoms with E-state index in [9.17, 15) is 4.79 Å². The van der Waals surface area contributed by atoms with E-state index in [1.54, 1.807) is 38.6 Å². The number of amides is 1. The van der Waals surface area contributed by atoms with Crippen molar-refractivity contribution in [3.63, 3.8) is 0 Å². The van der Waals surface area contributed by atoms with Crippen molar-refractivity contribution >= 4 is 33.3 Å². The van der Waals surface area contributed by atoms with E-state index in [1.165, 1.54) is 0 Å². The van der Waals surface area contributed by atoms with E-state index in [0.717, 1.165) is 16.2 Å². The van der Waals surface area contributed by atoms with Gasteiger partial charge >= 0.3 is 0 Å². The summed E-state index contributed by atoms with van der Waals surface area (Å²) in [6.45, 7) is 0. The molecule has 0 fully saturated rings. The number of nitrogens with zero attached hydrogens (tertiary/aromatic N) is 1. The third-order valence-corrected chi connectivity index (χ3v) is 4.47. The molecule has 0 atom stereocenters. The normalized spacial score (nSPS) is 10.7. The number of hydrogen-bond donors (Lipinski definition) is 1. The summed E-state index contributed by atoms with van der Waals surface area (Å²) in [6.07, 6.45) is 1.70. The highest BCUT2D eigenvalue weighted by Gasteiger charge is 2.15. The molecule has 0 bridgehead atoms. The summed E-state index contributed by atoms with van der Waals surface area (Å²) in [7, 11) is 3.14. The molecule has 1 heterocycles. The second-order valence-corrected chi connectivity index (χ2v) is 6.10. The van der Waals surface area contributed by atoms with Gasteiger partial charge in [0.2, 0.25) is 0 Å². The number of rotatable bonds is 4. The lowest BCUT2D eigenvalue weighted by molar-refractivity contribution is 0.102. The fraction of sp³-hybridized carbons (Fsp3) is 0.0909. The minimum absolute atomic E-state index is 0.236. The molecule has 1 N–H and O–H groups in total. The van der Waals surface area contributed by atoms with Gasteiger partial charge in [0.05, 0.1) is 25.3 Å². The SMILES string of the molecule is COc1cc(NC(=O)c2cc3ccccc3c3cccnc23)cc(OC)c1. The summed E-state index contributed by atoms with van der Waals surface area (Å²) in [4.78, 5) is 17.5. The van der Waals surface area contributed by atoms with Crippen LogP contribution in [0.25, 0.3) is 21.7 Å². The summed E-state index contributed by atoms with van der Waals surface area (Å²) in [5, 5.41) is 5.94. The molecule has 3 aromatic carbocycles. The lowest BCUT2D eigenvalue weighted by atomic mass is 10.0. The molecule has 134 valence electrons. The third-order valence-electron chi connectivity index (χ3n) is 4.47. The van der Waals surface area contributed by atoms with E-state index in [-0.39, 0.29) is 5.91 Å². The number of ether oxygens (including phenoxy) is 2. The summed E-state index contributed by atoms with van der Waals surface area (Å²) in [6, 6.07) is 18.9. The number of anilines is 1. The Labute approximate surface area is 156 Å². The van der Waals surface area contributed by atoms with Gasteiger partial charge < -0.3 is 14.8 Å². The average molecular weight is 358 g/mol. The first-order valence-corrected chi connectivity index (χ1v) is 8.50. The van der Waals surface area contributed by atoms with Crippen molar-refractivity contribution in [3.05, 3.63) is 72.4 Å². The van der Waals surface area contributed by atoms with Crippen LogP contribution in [0.3, 0.4) is 0 Å². The Balaban J connectivity index is 1.81. The standard InChI is InChI=1S/C22H18N2O3/c1-26-16-11-15(12-17(13-16)27-2)24-22(25)20-10-14-6-3-4-7-18(14)19-8-5-9-23-21(19)20/h3-13H,1-2H3,(H,24,25). The molecule has 0 aliphatic rings. The van der Waals surface area contributed by atoms with Gasteiger partial charge in [-0.25, -0.2) is 0 Å². The van der Waals surface area contributed by atoms with E-state index < -0.39 is 0 Å². The highest BCUT2D eigenvalue weighted by Crippen LogP contribution is 2.29. The van der Waals surface area contributed by atoms with Crippen LogP contribution in [0.4, 0.5) is 5.69 Å². The first kappa shape index (κ1) is 16.8. The minimum atomic E-state index is -0.236. The monoisotopic (exact) mass is 358 g/mol. The number of aromatic nitrogens is 1. The van der Waals surface area contributed by atoms with Crippen LogP contribution < -0.4 is 14.8 Å². The third kappa shape index (κ3) is 3.15. The molecule has 5 nitrogen and oxygen atoms in total. The van der Waals surface area contributed by atoms with Crippen molar-refractivity contribution in [2.75, 3.05) is 19.5 Å². The van der Waals surface area contributed by atoms with E-state index in [2.05, 4.69) is 10.3 Å². The first-order valence-electron chi connectivity index (χ1n) is 8.50. The Bertz CT molecular complexity index is 1130. The Morgan fingerprint density at radius 3 is 2.33 bits per heavy atom. The van der Waals surface area contributed by atoms with Gasteiger partial charge in [-0.1, -0.05) is 30.3 Å². The van der Waals surface area contributed by atoms with Crippen molar-refractivity contribution in [1.29, 1.82) is 0 Å². The van der Waals surface area contributed by atoms with E-state index in [1.807, 2.05) is 42.5 Å². The van der Waals surface area contributed by atoms with E-state index in [0.29, 0.717) is 28.3 Å². The van der Waals surface area contributed by atoms with Crippen molar-refractivity contribution in [2.45, 2.75) is 0 Å². The Morgan fingerprint density at radius 2 is 1.59 bits per heavy atom. The van der Waals surface area contributed by atoms with E-state index in [4.69, 9.17) is 9.47 Å². The van der Waals surface area contributed by atoms with Gasteiger partial charge in [-0.15, -0.1) is 0 Å². The molecule has 0 spiro atoms. The molecule has 0 saturated carbocycles. The zero-order chi connectivity index (χ0) is 18.8. The Hall–Kier alpha value is -3.60. The molecule has 0 aliphatic carbocycles. The van der Waals surface area contributed by atoms with Crippen molar-refractivity contribution in [2.24, 2.45) is 0 Å². The maximum Gasteiger partial charge on any atom is 0.257 e. The molecule has 0 unspecified atom stereocenters. The zero-order valence-corrected chi connectivity index (χ0v) is 15.0. The lowest BCUT2D eigenvalue weighted by Crippen LogP contribution is -2.13. The fourth-order valence-corrected chi connectivity index (χ4v) is 3.18. The molecule has 0 saturated heterocycles. The number of nitrogens with one attached hydrogen (secondary N) is 1. The van der Waals surface area contributed by atoms with Crippen LogP contribution in [0.5, 0.6) is 11.5 Å². The molecule has 1 aromatic heterocycles. The van der Waals surface area contributed by atoms with Crippen molar-refractivity contribution < 1.29 is 14.3 Å². The van der Waals surface area contributed by atoms with Gasteiger partial charge in [0, 0.05) is 35.5 Å². The van der Waals surface area contributed by atoms with E-state index >= 15 is 0 Å². The molecular weight excluding hydrogens is 340 g/mol. The van der Waals surface area contributed by atoms with Gasteiger partial charge in [0.25, 0.3) is 5.91 Å². The second kappa shape index (κ2) is 6.96. The Morgan fingerprint density at radius 1 is 0.889 bits per heavy atom. The van der Waals surface area contributed by atoms with Gasteiger partial charge in [-0.3, -0.25) is 9.78 Å². The summed E-state index contributed by atoms with van der Waals surface area (Å²) < 4.78 is 10.5. The maximum atomic E-state index is 13.0. The van der Waals surface area contributed by atoms with Crippen LogP contribution in [-0.2, 0) is 0 Å². The molecule has 0 radical (unpaired) electrons. The van der Waals surface area contributed by atoms with Crippen LogP contribution >= 0.6 is 0 Å². The molecule has 1 amide bonds. The number of pyridine rings is 1. The lowest BCUT2D eigenvalue weighted by Gasteiger charge is -2.12. The van der Waals surface area contributed by atoms with Crippen LogP contribution in [0.2, 0.25) is 0 Å². The van der Waals surface area contributed by atoms with Gasteiger partial charge in [0.15, 0.2) is 0 Å². The van der Waals surface area contributed by atoms with Crippen LogP contribution in [-0.4, -0.2) is 25.1 Å². The van der Waals surface area contributed by atoms with Crippen LogP contribution in [0.1, 0.15) is 10.4 Å². The molecule has 0 aliphatic heterocycles. The van der Waals surface area contributed by atoms with Crippen LogP contribution in [0.15, 0.2) is 66.9 Å². The molecule has 5 heteroatoms. The van der Waals surface area contributed by atoms with Gasteiger partial charge in [-0.05, 0) is 22.9 Å². The van der Waals surface area contributed by atoms with Crippen LogP contribution in [0, 0.1) is 0 Å². The van der Waals surface area contributed by atoms with Crippen molar-refractivity contribution in [3.8, 4) is 11.5 Å². The molecule has 4 rings (SSSR count). The Kier molecular flexibility index (Phi) is 4.34. The zero-order valence-electron chi connectivity index (χ0n) is 15.0. The fourth-order valence-electron chi connectivity index (χ4n) is 3.18. The summed E-state index contributed by atoms with van der Waals surface area (Å²) in [5.41, 5.74) is 1.78. The predicted octanol–water partition coefficient (Wildman–Crippen LogP) is 4.66. The highest BCUT2D eigenvalue weighted by atomic mass is 16.5. The van der Waals surface area contributed by atoms with Gasteiger partial charge in [0.1, 0.15) is 11.5 Å². The average Bonchev–Trinajstić information content (AvgIpc) is 2.72. The number of hydrogen-bond acceptors (Lipinski definition) is 4. The number of fused-ring (bicyclic) bond motifs is 3. The number of carbonyl (C=O) groups excluding carboxylic acids is 1.